The Bertz CT molecular complexity index is 350. The predicted octanol–water partition coefficient (Wildman–Crippen LogP) is 1.42. The van der Waals surface area contributed by atoms with Gasteiger partial charge in [-0.25, -0.2) is 4.98 Å². The highest BCUT2D eigenvalue weighted by Gasteiger charge is 2.21. The molecule has 0 spiro atoms. The molecule has 1 saturated heterocycles. The number of anilines is 1. The summed E-state index contributed by atoms with van der Waals surface area (Å²) in [7, 11) is 2.10. The SMILES string of the molecule is CCNCc1ccnc(N(C)C2CCOC2)c1. The summed E-state index contributed by atoms with van der Waals surface area (Å²) in [5, 5.41) is 3.33. The number of hydrogen-bond acceptors (Lipinski definition) is 4. The molecule has 2 rings (SSSR count). The molecule has 2 heterocycles. The van der Waals surface area contributed by atoms with E-state index in [0.717, 1.165) is 38.5 Å². The van der Waals surface area contributed by atoms with E-state index in [1.807, 2.05) is 6.20 Å². The van der Waals surface area contributed by atoms with Gasteiger partial charge in [0.25, 0.3) is 0 Å². The minimum absolute atomic E-state index is 0.469. The van der Waals surface area contributed by atoms with E-state index < -0.39 is 0 Å². The summed E-state index contributed by atoms with van der Waals surface area (Å²) in [4.78, 5) is 6.66. The lowest BCUT2D eigenvalue weighted by Crippen LogP contribution is -2.32. The minimum Gasteiger partial charge on any atom is -0.379 e. The molecule has 0 aromatic carbocycles. The fraction of sp³-hybridized carbons (Fsp3) is 0.615. The molecule has 1 unspecified atom stereocenters. The number of nitrogens with zero attached hydrogens (tertiary/aromatic N) is 2. The van der Waals surface area contributed by atoms with Crippen LogP contribution in [-0.4, -0.2) is 37.8 Å². The second-order valence-electron chi connectivity index (χ2n) is 4.43. The van der Waals surface area contributed by atoms with Gasteiger partial charge in [-0.05, 0) is 30.7 Å². The summed E-state index contributed by atoms with van der Waals surface area (Å²) in [6.45, 7) is 5.69. The quantitative estimate of drug-likeness (QED) is 0.837. The van der Waals surface area contributed by atoms with Crippen molar-refractivity contribution < 1.29 is 4.74 Å². The van der Waals surface area contributed by atoms with Crippen LogP contribution in [0, 0.1) is 0 Å². The zero-order valence-electron chi connectivity index (χ0n) is 10.6. The largest absolute Gasteiger partial charge is 0.379 e. The first-order valence-corrected chi connectivity index (χ1v) is 6.27. The van der Waals surface area contributed by atoms with Crippen LogP contribution in [0.25, 0.3) is 0 Å². The predicted molar refractivity (Wildman–Crippen MR) is 69.2 cm³/mol. The van der Waals surface area contributed by atoms with Gasteiger partial charge in [0.1, 0.15) is 5.82 Å². The van der Waals surface area contributed by atoms with Crippen molar-refractivity contribution in [1.82, 2.24) is 10.3 Å². The summed E-state index contributed by atoms with van der Waals surface area (Å²) in [5.74, 6) is 1.04. The van der Waals surface area contributed by atoms with Crippen molar-refractivity contribution in [1.29, 1.82) is 0 Å². The standard InChI is InChI=1S/C13H21N3O/c1-3-14-9-11-4-6-15-13(8-11)16(2)12-5-7-17-10-12/h4,6,8,12,14H,3,5,7,9-10H2,1-2H3. The number of hydrogen-bond donors (Lipinski definition) is 1. The lowest BCUT2D eigenvalue weighted by Gasteiger charge is -2.24. The van der Waals surface area contributed by atoms with Crippen molar-refractivity contribution in [3.63, 3.8) is 0 Å². The summed E-state index contributed by atoms with van der Waals surface area (Å²) >= 11 is 0. The Morgan fingerprint density at radius 1 is 1.59 bits per heavy atom. The van der Waals surface area contributed by atoms with Gasteiger partial charge < -0.3 is 15.0 Å². The summed E-state index contributed by atoms with van der Waals surface area (Å²) in [5.41, 5.74) is 1.28. The summed E-state index contributed by atoms with van der Waals surface area (Å²) < 4.78 is 5.41. The van der Waals surface area contributed by atoms with Crippen LogP contribution in [0.5, 0.6) is 0 Å². The normalized spacial score (nSPS) is 19.5. The average Bonchev–Trinajstić information content (AvgIpc) is 2.89. The van der Waals surface area contributed by atoms with Crippen LogP contribution in [0.1, 0.15) is 18.9 Å². The molecule has 1 aromatic heterocycles. The van der Waals surface area contributed by atoms with Gasteiger partial charge in [-0.2, -0.15) is 0 Å². The first-order chi connectivity index (χ1) is 8.31. The van der Waals surface area contributed by atoms with Gasteiger partial charge in [-0.3, -0.25) is 0 Å². The maximum Gasteiger partial charge on any atom is 0.128 e. The first-order valence-electron chi connectivity index (χ1n) is 6.27. The molecule has 4 heteroatoms. The van der Waals surface area contributed by atoms with Crippen LogP contribution in [0.15, 0.2) is 18.3 Å². The van der Waals surface area contributed by atoms with Crippen molar-refractivity contribution in [2.24, 2.45) is 0 Å². The van der Waals surface area contributed by atoms with Crippen LogP contribution in [0.3, 0.4) is 0 Å². The van der Waals surface area contributed by atoms with E-state index in [2.05, 4.69) is 41.3 Å². The zero-order chi connectivity index (χ0) is 12.1. The van der Waals surface area contributed by atoms with E-state index >= 15 is 0 Å². The Balaban J connectivity index is 2.03. The summed E-state index contributed by atoms with van der Waals surface area (Å²) in [6, 6.07) is 4.68. The second-order valence-corrected chi connectivity index (χ2v) is 4.43. The van der Waals surface area contributed by atoms with E-state index in [4.69, 9.17) is 4.74 Å². The van der Waals surface area contributed by atoms with Gasteiger partial charge in [-0.15, -0.1) is 0 Å². The Morgan fingerprint density at radius 2 is 2.47 bits per heavy atom. The first kappa shape index (κ1) is 12.3. The molecule has 94 valence electrons. The third-order valence-electron chi connectivity index (χ3n) is 3.20. The van der Waals surface area contributed by atoms with E-state index in [0.29, 0.717) is 6.04 Å². The van der Waals surface area contributed by atoms with Gasteiger partial charge in [-0.1, -0.05) is 6.92 Å². The number of rotatable bonds is 5. The fourth-order valence-corrected chi connectivity index (χ4v) is 2.05. The molecule has 0 saturated carbocycles. The van der Waals surface area contributed by atoms with Crippen molar-refractivity contribution in [3.05, 3.63) is 23.9 Å². The van der Waals surface area contributed by atoms with Crippen molar-refractivity contribution in [2.75, 3.05) is 31.7 Å². The molecule has 0 aliphatic carbocycles. The molecule has 17 heavy (non-hydrogen) atoms. The number of likely N-dealkylation sites (N-methyl/N-ethyl adjacent to an activating group) is 1. The van der Waals surface area contributed by atoms with Crippen molar-refractivity contribution in [2.45, 2.75) is 25.9 Å². The monoisotopic (exact) mass is 235 g/mol. The molecule has 1 fully saturated rings. The Morgan fingerprint density at radius 3 is 3.18 bits per heavy atom. The van der Waals surface area contributed by atoms with Gasteiger partial charge in [0, 0.05) is 26.4 Å². The second kappa shape index (κ2) is 5.98. The highest BCUT2D eigenvalue weighted by Crippen LogP contribution is 2.18. The maximum atomic E-state index is 5.41. The summed E-state index contributed by atoms with van der Waals surface area (Å²) in [6.07, 6.45) is 2.98. The maximum absolute atomic E-state index is 5.41. The van der Waals surface area contributed by atoms with Gasteiger partial charge in [0.05, 0.1) is 12.6 Å². The molecule has 0 amide bonds. The number of nitrogens with one attached hydrogen (secondary N) is 1. The lowest BCUT2D eigenvalue weighted by molar-refractivity contribution is 0.193. The minimum atomic E-state index is 0.469. The topological polar surface area (TPSA) is 37.4 Å². The third-order valence-corrected chi connectivity index (χ3v) is 3.20. The molecule has 1 aliphatic heterocycles. The van der Waals surface area contributed by atoms with E-state index in [1.165, 1.54) is 5.56 Å². The lowest BCUT2D eigenvalue weighted by atomic mass is 10.2. The van der Waals surface area contributed by atoms with Gasteiger partial charge >= 0.3 is 0 Å². The average molecular weight is 235 g/mol. The molecule has 4 nitrogen and oxygen atoms in total. The van der Waals surface area contributed by atoms with Crippen LogP contribution in [0.4, 0.5) is 5.82 Å². The third kappa shape index (κ3) is 3.17. The van der Waals surface area contributed by atoms with Crippen LogP contribution < -0.4 is 10.2 Å². The van der Waals surface area contributed by atoms with Crippen molar-refractivity contribution >= 4 is 5.82 Å². The molecule has 0 radical (unpaired) electrons. The molecule has 1 aliphatic rings. The molecule has 1 atom stereocenters. The number of pyridine rings is 1. The number of aromatic nitrogens is 1. The highest BCUT2D eigenvalue weighted by molar-refractivity contribution is 5.41. The van der Waals surface area contributed by atoms with Crippen LogP contribution in [-0.2, 0) is 11.3 Å². The molecule has 0 bridgehead atoms. The zero-order valence-corrected chi connectivity index (χ0v) is 10.6. The molecular weight excluding hydrogens is 214 g/mol. The Labute approximate surface area is 103 Å². The Kier molecular flexibility index (Phi) is 4.34. The van der Waals surface area contributed by atoms with E-state index in [1.54, 1.807) is 0 Å². The van der Waals surface area contributed by atoms with E-state index in [-0.39, 0.29) is 0 Å². The van der Waals surface area contributed by atoms with E-state index in [9.17, 15) is 0 Å². The molecule has 1 aromatic rings. The van der Waals surface area contributed by atoms with Crippen LogP contribution in [0.2, 0.25) is 0 Å². The Hall–Kier alpha value is -1.13. The molecule has 1 N–H and O–H groups in total. The van der Waals surface area contributed by atoms with Crippen LogP contribution >= 0.6 is 0 Å². The van der Waals surface area contributed by atoms with Gasteiger partial charge in [0.15, 0.2) is 0 Å². The van der Waals surface area contributed by atoms with Gasteiger partial charge in [0.2, 0.25) is 0 Å². The van der Waals surface area contributed by atoms with Crippen molar-refractivity contribution in [3.8, 4) is 0 Å². The molecular formula is C13H21N3O. The fourth-order valence-electron chi connectivity index (χ4n) is 2.05. The smallest absolute Gasteiger partial charge is 0.128 e. The highest BCUT2D eigenvalue weighted by atomic mass is 16.5. The number of ether oxygens (including phenoxy) is 1.